The lowest BCUT2D eigenvalue weighted by molar-refractivity contribution is -0.163. The monoisotopic (exact) mass is 329 g/mol. The maximum atomic E-state index is 12.7. The normalized spacial score (nSPS) is 24.0. The van der Waals surface area contributed by atoms with E-state index in [1.807, 2.05) is 26.8 Å². The van der Waals surface area contributed by atoms with Crippen molar-refractivity contribution in [2.24, 2.45) is 11.8 Å². The summed E-state index contributed by atoms with van der Waals surface area (Å²) in [6, 6.07) is 10.4. The Morgan fingerprint density at radius 2 is 1.92 bits per heavy atom. The van der Waals surface area contributed by atoms with E-state index in [1.165, 1.54) is 11.1 Å². The topological polar surface area (TPSA) is 38.3 Å². The largest absolute Gasteiger partial charge is 0.460 e. The summed E-state index contributed by atoms with van der Waals surface area (Å²) in [7, 11) is 0. The van der Waals surface area contributed by atoms with E-state index in [-0.39, 0.29) is 23.3 Å². The molecule has 0 spiro atoms. The fourth-order valence-corrected chi connectivity index (χ4v) is 3.43. The van der Waals surface area contributed by atoms with E-state index in [0.29, 0.717) is 0 Å². The first-order chi connectivity index (χ1) is 11.1. The minimum atomic E-state index is -0.448. The van der Waals surface area contributed by atoms with Crippen molar-refractivity contribution in [3.63, 3.8) is 0 Å². The van der Waals surface area contributed by atoms with Gasteiger partial charge in [0.25, 0.3) is 0 Å². The zero-order valence-corrected chi connectivity index (χ0v) is 15.8. The Hall–Kier alpha value is -1.61. The van der Waals surface area contributed by atoms with Gasteiger partial charge in [-0.25, -0.2) is 0 Å². The van der Waals surface area contributed by atoms with Crippen LogP contribution >= 0.6 is 0 Å². The Bertz CT molecular complexity index is 596. The predicted molar refractivity (Wildman–Crippen MR) is 99.6 cm³/mol. The van der Waals surface area contributed by atoms with Crippen LogP contribution in [0.4, 0.5) is 0 Å². The van der Waals surface area contributed by atoms with Gasteiger partial charge in [0.05, 0.1) is 5.92 Å². The fraction of sp³-hybridized carbons (Fsp3) is 0.571. The summed E-state index contributed by atoms with van der Waals surface area (Å²) >= 11 is 0. The van der Waals surface area contributed by atoms with E-state index < -0.39 is 5.60 Å². The van der Waals surface area contributed by atoms with Crippen LogP contribution in [0.5, 0.6) is 0 Å². The molecule has 1 unspecified atom stereocenters. The molecule has 1 fully saturated rings. The van der Waals surface area contributed by atoms with Crippen molar-refractivity contribution in [1.82, 2.24) is 5.32 Å². The molecule has 1 saturated heterocycles. The first-order valence-electron chi connectivity index (χ1n) is 8.80. The molecule has 2 atom stereocenters. The third-order valence-corrected chi connectivity index (χ3v) is 4.69. The van der Waals surface area contributed by atoms with Crippen LogP contribution in [0.1, 0.15) is 53.5 Å². The zero-order valence-electron chi connectivity index (χ0n) is 15.8. The van der Waals surface area contributed by atoms with E-state index in [4.69, 9.17) is 4.74 Å². The molecule has 2 rings (SSSR count). The molecule has 3 nitrogen and oxygen atoms in total. The molecule has 0 radical (unpaired) electrons. The average Bonchev–Trinajstić information content (AvgIpc) is 2.78. The second-order valence-corrected chi connectivity index (χ2v) is 8.36. The average molecular weight is 329 g/mol. The van der Waals surface area contributed by atoms with Gasteiger partial charge in [-0.05, 0) is 71.6 Å². The van der Waals surface area contributed by atoms with Crippen molar-refractivity contribution in [2.45, 2.75) is 59.1 Å². The van der Waals surface area contributed by atoms with Gasteiger partial charge in [0.15, 0.2) is 0 Å². The number of allylic oxidation sites excluding steroid dienone is 2. The molecule has 1 aliphatic heterocycles. The van der Waals surface area contributed by atoms with Gasteiger partial charge in [0.1, 0.15) is 5.60 Å². The number of carbonyl (C=O) groups is 1. The van der Waals surface area contributed by atoms with E-state index in [2.05, 4.69) is 56.4 Å². The molecule has 0 bridgehead atoms. The number of ether oxygens (including phenoxy) is 1. The Balaban J connectivity index is 2.12. The summed E-state index contributed by atoms with van der Waals surface area (Å²) in [5.74, 6) is 0.0401. The lowest BCUT2D eigenvalue weighted by Gasteiger charge is -2.31. The van der Waals surface area contributed by atoms with Crippen LogP contribution in [0.15, 0.2) is 36.4 Å². The molecule has 24 heavy (non-hydrogen) atoms. The van der Waals surface area contributed by atoms with E-state index in [0.717, 1.165) is 13.0 Å². The van der Waals surface area contributed by atoms with Gasteiger partial charge in [-0.3, -0.25) is 4.79 Å². The summed E-state index contributed by atoms with van der Waals surface area (Å²) < 4.78 is 5.68. The number of hydrogen-bond acceptors (Lipinski definition) is 3. The first-order valence-corrected chi connectivity index (χ1v) is 8.80. The van der Waals surface area contributed by atoms with Crippen LogP contribution in [0.3, 0.4) is 0 Å². The molecule has 1 N–H and O–H groups in total. The molecule has 0 amide bonds. The molecule has 132 valence electrons. The molecule has 1 heterocycles. The Kier molecular flexibility index (Phi) is 5.54. The molecule has 1 aromatic rings. The van der Waals surface area contributed by atoms with Crippen molar-refractivity contribution < 1.29 is 9.53 Å². The summed E-state index contributed by atoms with van der Waals surface area (Å²) in [5.41, 5.74) is 1.80. The maximum absolute atomic E-state index is 12.7. The highest BCUT2D eigenvalue weighted by molar-refractivity contribution is 5.75. The predicted octanol–water partition coefficient (Wildman–Crippen LogP) is 4.44. The third kappa shape index (κ3) is 4.70. The van der Waals surface area contributed by atoms with Crippen molar-refractivity contribution >= 4 is 11.5 Å². The lowest BCUT2D eigenvalue weighted by atomic mass is 9.80. The molecular formula is C21H31NO2. The van der Waals surface area contributed by atoms with Crippen molar-refractivity contribution in [1.29, 1.82) is 0 Å². The summed E-state index contributed by atoms with van der Waals surface area (Å²) in [6.07, 6.45) is 3.13. The number of rotatable bonds is 4. The maximum Gasteiger partial charge on any atom is 0.311 e. The highest BCUT2D eigenvalue weighted by Gasteiger charge is 2.47. The smallest absolute Gasteiger partial charge is 0.311 e. The Labute approximate surface area is 146 Å². The Morgan fingerprint density at radius 3 is 2.50 bits per heavy atom. The fourth-order valence-electron chi connectivity index (χ4n) is 3.43. The van der Waals surface area contributed by atoms with Crippen LogP contribution in [0.2, 0.25) is 0 Å². The van der Waals surface area contributed by atoms with Crippen LogP contribution in [-0.2, 0) is 9.53 Å². The molecule has 0 aromatic heterocycles. The van der Waals surface area contributed by atoms with Crippen LogP contribution in [-0.4, -0.2) is 23.7 Å². The van der Waals surface area contributed by atoms with Crippen LogP contribution in [0, 0.1) is 11.8 Å². The van der Waals surface area contributed by atoms with Gasteiger partial charge < -0.3 is 10.1 Å². The summed E-state index contributed by atoms with van der Waals surface area (Å²) in [4.78, 5) is 12.7. The van der Waals surface area contributed by atoms with Crippen molar-refractivity contribution in [3.8, 4) is 0 Å². The van der Waals surface area contributed by atoms with Gasteiger partial charge in [0, 0.05) is 5.54 Å². The summed E-state index contributed by atoms with van der Waals surface area (Å²) in [6.45, 7) is 12.9. The van der Waals surface area contributed by atoms with E-state index in [9.17, 15) is 4.79 Å². The number of benzene rings is 1. The quantitative estimate of drug-likeness (QED) is 0.830. The van der Waals surface area contributed by atoms with Gasteiger partial charge in [0.2, 0.25) is 0 Å². The molecular weight excluding hydrogens is 298 g/mol. The number of nitrogens with one attached hydrogen (secondary N) is 1. The SMILES string of the molecule is C/C(=C\C[C@@H]1CNC(C)(C)C1C(=O)OC(C)(C)C)c1ccccc1. The molecule has 3 heteroatoms. The minimum Gasteiger partial charge on any atom is -0.460 e. The number of esters is 1. The molecule has 1 aromatic carbocycles. The second-order valence-electron chi connectivity index (χ2n) is 8.36. The zero-order chi connectivity index (χ0) is 18.0. The minimum absolute atomic E-state index is 0.0896. The Morgan fingerprint density at radius 1 is 1.29 bits per heavy atom. The lowest BCUT2D eigenvalue weighted by Crippen LogP contribution is -2.44. The van der Waals surface area contributed by atoms with Crippen LogP contribution < -0.4 is 5.32 Å². The number of carbonyl (C=O) groups excluding carboxylic acids is 1. The van der Waals surface area contributed by atoms with Gasteiger partial charge in [-0.2, -0.15) is 0 Å². The second kappa shape index (κ2) is 7.10. The highest BCUT2D eigenvalue weighted by atomic mass is 16.6. The van der Waals surface area contributed by atoms with Gasteiger partial charge in [-0.15, -0.1) is 0 Å². The van der Waals surface area contributed by atoms with E-state index in [1.54, 1.807) is 0 Å². The summed E-state index contributed by atoms with van der Waals surface area (Å²) in [5, 5.41) is 3.50. The highest BCUT2D eigenvalue weighted by Crippen LogP contribution is 2.36. The number of hydrogen-bond donors (Lipinski definition) is 1. The van der Waals surface area contributed by atoms with Gasteiger partial charge in [-0.1, -0.05) is 36.4 Å². The van der Waals surface area contributed by atoms with Crippen molar-refractivity contribution in [2.75, 3.05) is 6.54 Å². The standard InChI is InChI=1S/C21H31NO2/c1-15(16-10-8-7-9-11-16)12-13-17-14-22-21(5,6)18(17)19(23)24-20(2,3)4/h7-12,17-18,22H,13-14H2,1-6H3/b15-12+/t17-,18?/m1/s1. The molecule has 0 aliphatic carbocycles. The van der Waals surface area contributed by atoms with Crippen molar-refractivity contribution in [3.05, 3.63) is 42.0 Å². The van der Waals surface area contributed by atoms with Crippen LogP contribution in [0.25, 0.3) is 5.57 Å². The first kappa shape index (κ1) is 18.7. The molecule has 0 saturated carbocycles. The molecule has 1 aliphatic rings. The van der Waals surface area contributed by atoms with E-state index >= 15 is 0 Å². The third-order valence-electron chi connectivity index (χ3n) is 4.69. The van der Waals surface area contributed by atoms with Gasteiger partial charge >= 0.3 is 5.97 Å².